The second kappa shape index (κ2) is 7.06. The summed E-state index contributed by atoms with van der Waals surface area (Å²) in [6.45, 7) is 1.49. The zero-order valence-electron chi connectivity index (χ0n) is 11.2. The summed E-state index contributed by atoms with van der Waals surface area (Å²) in [7, 11) is 0. The lowest BCUT2D eigenvalue weighted by atomic mass is 10.0. The van der Waals surface area contributed by atoms with Crippen LogP contribution in [0.2, 0.25) is 0 Å². The molecule has 1 aromatic rings. The number of halogens is 5. The van der Waals surface area contributed by atoms with Crippen molar-refractivity contribution < 1.29 is 36.2 Å². The number of esters is 1. The van der Waals surface area contributed by atoms with E-state index >= 15 is 0 Å². The Morgan fingerprint density at radius 1 is 1.36 bits per heavy atom. The molecule has 0 aliphatic rings. The monoisotopic (exact) mass is 323 g/mol. The van der Waals surface area contributed by atoms with Gasteiger partial charge in [-0.25, -0.2) is 8.78 Å². The summed E-state index contributed by atoms with van der Waals surface area (Å²) >= 11 is 0. The number of carbonyl (C=O) groups excluding carboxylic acids is 1. The van der Waals surface area contributed by atoms with Gasteiger partial charge in [0.25, 0.3) is 6.43 Å². The summed E-state index contributed by atoms with van der Waals surface area (Å²) in [4.78, 5) is 11.4. The minimum absolute atomic E-state index is 0.00544. The number of carbonyl (C=O) groups is 1. The number of alkyl halides is 5. The highest BCUT2D eigenvalue weighted by Gasteiger charge is 2.33. The first-order valence-electron chi connectivity index (χ1n) is 5.94. The zero-order valence-corrected chi connectivity index (χ0v) is 11.2. The van der Waals surface area contributed by atoms with E-state index < -0.39 is 42.1 Å². The molecule has 0 spiro atoms. The van der Waals surface area contributed by atoms with E-state index in [9.17, 15) is 26.7 Å². The summed E-state index contributed by atoms with van der Waals surface area (Å²) in [5.74, 6) is -1.84. The Balaban J connectivity index is 3.32. The summed E-state index contributed by atoms with van der Waals surface area (Å²) in [5, 5.41) is 8.79. The summed E-state index contributed by atoms with van der Waals surface area (Å²) < 4.78 is 70.7. The molecule has 9 heteroatoms. The maximum Gasteiger partial charge on any atom is 0.573 e. The Morgan fingerprint density at radius 3 is 2.45 bits per heavy atom. The average molecular weight is 323 g/mol. The molecule has 4 nitrogen and oxygen atoms in total. The molecule has 0 amide bonds. The summed E-state index contributed by atoms with van der Waals surface area (Å²) in [6, 6.07) is 2.62. The van der Waals surface area contributed by atoms with Gasteiger partial charge in [0.15, 0.2) is 0 Å². The standard InChI is InChI=1S/C13H10F5NO3/c1-2-21-11(20)4-7-3-8(6-19)9(12(14)15)5-10(7)22-13(16,17)18/h3,5,12H,2,4H2,1H3. The summed E-state index contributed by atoms with van der Waals surface area (Å²) in [5.41, 5.74) is -1.81. The third-order valence-electron chi connectivity index (χ3n) is 2.45. The maximum absolute atomic E-state index is 12.8. The van der Waals surface area contributed by atoms with Crippen molar-refractivity contribution in [2.75, 3.05) is 6.61 Å². The molecule has 1 aromatic carbocycles. The molecule has 0 aliphatic carbocycles. The first kappa shape index (κ1) is 17.7. The molecular weight excluding hydrogens is 313 g/mol. The van der Waals surface area contributed by atoms with E-state index in [-0.39, 0.29) is 12.2 Å². The maximum atomic E-state index is 12.8. The van der Waals surface area contributed by atoms with Crippen molar-refractivity contribution in [1.29, 1.82) is 5.26 Å². The van der Waals surface area contributed by atoms with Crippen molar-refractivity contribution in [3.8, 4) is 11.8 Å². The number of benzene rings is 1. The highest BCUT2D eigenvalue weighted by atomic mass is 19.4. The normalized spacial score (nSPS) is 11.2. The zero-order chi connectivity index (χ0) is 16.9. The van der Waals surface area contributed by atoms with Crippen LogP contribution in [0.4, 0.5) is 22.0 Å². The van der Waals surface area contributed by atoms with Gasteiger partial charge in [-0.2, -0.15) is 5.26 Å². The van der Waals surface area contributed by atoms with Crippen molar-refractivity contribution in [3.63, 3.8) is 0 Å². The van der Waals surface area contributed by atoms with Crippen molar-refractivity contribution in [1.82, 2.24) is 0 Å². The molecule has 0 N–H and O–H groups in total. The fourth-order valence-corrected chi connectivity index (χ4v) is 1.64. The van der Waals surface area contributed by atoms with Gasteiger partial charge < -0.3 is 9.47 Å². The van der Waals surface area contributed by atoms with Gasteiger partial charge in [0.2, 0.25) is 0 Å². The molecular formula is C13H10F5NO3. The van der Waals surface area contributed by atoms with Crippen molar-refractivity contribution >= 4 is 5.97 Å². The lowest BCUT2D eigenvalue weighted by Gasteiger charge is -2.15. The van der Waals surface area contributed by atoms with Crippen LogP contribution in [0.3, 0.4) is 0 Å². The van der Waals surface area contributed by atoms with Crippen LogP contribution in [-0.4, -0.2) is 18.9 Å². The number of nitrogens with zero attached hydrogens (tertiary/aromatic N) is 1. The third-order valence-corrected chi connectivity index (χ3v) is 2.45. The van der Waals surface area contributed by atoms with Gasteiger partial charge in [0.1, 0.15) is 5.75 Å². The smallest absolute Gasteiger partial charge is 0.466 e. The molecule has 0 atom stereocenters. The molecule has 0 aliphatic heterocycles. The van der Waals surface area contributed by atoms with Gasteiger partial charge >= 0.3 is 12.3 Å². The highest BCUT2D eigenvalue weighted by Crippen LogP contribution is 2.33. The lowest BCUT2D eigenvalue weighted by Crippen LogP contribution is -2.19. The first-order chi connectivity index (χ1) is 10.2. The third kappa shape index (κ3) is 4.87. The Hall–Kier alpha value is -2.37. The average Bonchev–Trinajstić information content (AvgIpc) is 2.38. The molecule has 22 heavy (non-hydrogen) atoms. The second-order valence-corrected chi connectivity index (χ2v) is 3.99. The molecule has 0 aromatic heterocycles. The van der Waals surface area contributed by atoms with Crippen LogP contribution in [0, 0.1) is 11.3 Å². The molecule has 0 radical (unpaired) electrons. The van der Waals surface area contributed by atoms with Crippen molar-refractivity contribution in [2.45, 2.75) is 26.1 Å². The SMILES string of the molecule is CCOC(=O)Cc1cc(C#N)c(C(F)F)cc1OC(F)(F)F. The van der Waals surface area contributed by atoms with E-state index in [1.807, 2.05) is 0 Å². The minimum Gasteiger partial charge on any atom is -0.466 e. The van der Waals surface area contributed by atoms with Crippen molar-refractivity contribution in [2.24, 2.45) is 0 Å². The molecule has 0 heterocycles. The number of ether oxygens (including phenoxy) is 2. The van der Waals surface area contributed by atoms with E-state index in [4.69, 9.17) is 5.26 Å². The van der Waals surface area contributed by atoms with E-state index in [0.717, 1.165) is 6.07 Å². The van der Waals surface area contributed by atoms with Crippen molar-refractivity contribution in [3.05, 3.63) is 28.8 Å². The second-order valence-electron chi connectivity index (χ2n) is 3.99. The fourth-order valence-electron chi connectivity index (χ4n) is 1.64. The quantitative estimate of drug-likeness (QED) is 0.615. The van der Waals surface area contributed by atoms with Crippen LogP contribution in [0.25, 0.3) is 0 Å². The predicted octanol–water partition coefficient (Wildman–Crippen LogP) is 3.50. The largest absolute Gasteiger partial charge is 0.573 e. The van der Waals surface area contributed by atoms with Gasteiger partial charge in [-0.05, 0) is 19.1 Å². The fraction of sp³-hybridized carbons (Fsp3) is 0.385. The van der Waals surface area contributed by atoms with E-state index in [1.54, 1.807) is 0 Å². The van der Waals surface area contributed by atoms with Gasteiger partial charge in [-0.15, -0.1) is 13.2 Å². The Labute approximate surface area is 122 Å². The molecule has 120 valence electrons. The van der Waals surface area contributed by atoms with Gasteiger partial charge in [-0.1, -0.05) is 0 Å². The topological polar surface area (TPSA) is 59.3 Å². The molecule has 0 unspecified atom stereocenters. The molecule has 1 rings (SSSR count). The minimum atomic E-state index is -5.13. The van der Waals surface area contributed by atoms with Crippen LogP contribution in [0.1, 0.15) is 30.0 Å². The molecule has 0 fully saturated rings. The number of hydrogen-bond donors (Lipinski definition) is 0. The van der Waals surface area contributed by atoms with Crippen LogP contribution >= 0.6 is 0 Å². The van der Waals surface area contributed by atoms with Gasteiger partial charge in [0, 0.05) is 11.1 Å². The Bertz CT molecular complexity index is 593. The Kier molecular flexibility index (Phi) is 5.68. The van der Waals surface area contributed by atoms with Crippen LogP contribution < -0.4 is 4.74 Å². The van der Waals surface area contributed by atoms with E-state index in [0.29, 0.717) is 6.07 Å². The van der Waals surface area contributed by atoms with E-state index in [1.165, 1.54) is 13.0 Å². The number of rotatable bonds is 5. The highest BCUT2D eigenvalue weighted by molar-refractivity contribution is 5.74. The van der Waals surface area contributed by atoms with Crippen LogP contribution in [0.15, 0.2) is 12.1 Å². The Morgan fingerprint density at radius 2 is 2.00 bits per heavy atom. The molecule has 0 bridgehead atoms. The van der Waals surface area contributed by atoms with Crippen LogP contribution in [-0.2, 0) is 16.0 Å². The van der Waals surface area contributed by atoms with Gasteiger partial charge in [0.05, 0.1) is 24.7 Å². The molecule has 0 saturated heterocycles. The predicted molar refractivity (Wildman–Crippen MR) is 63.1 cm³/mol. The number of nitriles is 1. The van der Waals surface area contributed by atoms with E-state index in [2.05, 4.69) is 9.47 Å². The van der Waals surface area contributed by atoms with Gasteiger partial charge in [-0.3, -0.25) is 4.79 Å². The first-order valence-corrected chi connectivity index (χ1v) is 5.94. The molecule has 0 saturated carbocycles. The number of hydrogen-bond acceptors (Lipinski definition) is 4. The summed E-state index contributed by atoms with van der Waals surface area (Å²) in [6.07, 6.45) is -8.93. The lowest BCUT2D eigenvalue weighted by molar-refractivity contribution is -0.275. The van der Waals surface area contributed by atoms with Crippen LogP contribution in [0.5, 0.6) is 5.75 Å².